The highest BCUT2D eigenvalue weighted by atomic mass is 32.2. The minimum absolute atomic E-state index is 0.132. The number of para-hydroxylation sites is 2. The third-order valence-electron chi connectivity index (χ3n) is 5.21. The van der Waals surface area contributed by atoms with Crippen molar-refractivity contribution in [2.45, 2.75) is 6.54 Å². The van der Waals surface area contributed by atoms with Crippen LogP contribution in [0.2, 0.25) is 0 Å². The average molecular weight is 445 g/mol. The maximum absolute atomic E-state index is 14.2. The van der Waals surface area contributed by atoms with E-state index in [1.165, 1.54) is 17.8 Å². The van der Waals surface area contributed by atoms with Crippen molar-refractivity contribution in [1.82, 2.24) is 4.57 Å². The number of thioether (sulfide) groups is 1. The lowest BCUT2D eigenvalue weighted by molar-refractivity contribution is -0.113. The maximum atomic E-state index is 14.2. The van der Waals surface area contributed by atoms with E-state index in [0.717, 1.165) is 22.2 Å². The van der Waals surface area contributed by atoms with Crippen LogP contribution >= 0.6 is 24.0 Å². The van der Waals surface area contributed by atoms with Gasteiger partial charge in [-0.25, -0.2) is 4.39 Å². The van der Waals surface area contributed by atoms with Gasteiger partial charge in [-0.05, 0) is 30.3 Å². The summed E-state index contributed by atoms with van der Waals surface area (Å²) in [4.78, 5) is 15.2. The standard InChI is InChI=1S/C25H17FN2OS2/c26-21-12-6-4-8-17(21)15-27-16-18(20-11-5-7-13-22(20)27)14-23-24(29)28(25(30)31-23)19-9-2-1-3-10-19/h1-14,16H,15H2/b23-14+. The van der Waals surface area contributed by atoms with Crippen molar-refractivity contribution >= 4 is 56.9 Å². The number of benzene rings is 3. The topological polar surface area (TPSA) is 25.2 Å². The first-order valence-corrected chi connectivity index (χ1v) is 11.0. The van der Waals surface area contributed by atoms with E-state index in [0.29, 0.717) is 21.3 Å². The number of anilines is 1. The van der Waals surface area contributed by atoms with E-state index in [9.17, 15) is 9.18 Å². The largest absolute Gasteiger partial charge is 0.342 e. The monoisotopic (exact) mass is 444 g/mol. The fourth-order valence-electron chi connectivity index (χ4n) is 3.74. The van der Waals surface area contributed by atoms with Crippen LogP contribution in [0.3, 0.4) is 0 Å². The zero-order valence-corrected chi connectivity index (χ0v) is 18.0. The summed E-state index contributed by atoms with van der Waals surface area (Å²) in [6.45, 7) is 0.409. The van der Waals surface area contributed by atoms with Gasteiger partial charge in [-0.3, -0.25) is 9.69 Å². The SMILES string of the molecule is O=C1/C(=C\c2cn(Cc3ccccc3F)c3ccccc23)SC(=S)N1c1ccccc1. The molecule has 1 aliphatic heterocycles. The second-order valence-corrected chi connectivity index (χ2v) is 8.85. The van der Waals surface area contributed by atoms with Crippen molar-refractivity contribution in [3.63, 3.8) is 0 Å². The highest BCUT2D eigenvalue weighted by molar-refractivity contribution is 8.27. The van der Waals surface area contributed by atoms with Crippen molar-refractivity contribution in [2.75, 3.05) is 4.90 Å². The summed E-state index contributed by atoms with van der Waals surface area (Å²) in [6, 6.07) is 24.1. The zero-order valence-electron chi connectivity index (χ0n) is 16.4. The molecule has 0 bridgehead atoms. The summed E-state index contributed by atoms with van der Waals surface area (Å²) in [5, 5.41) is 1.00. The van der Waals surface area contributed by atoms with Crippen LogP contribution in [0.15, 0.2) is 90.0 Å². The van der Waals surface area contributed by atoms with Crippen molar-refractivity contribution < 1.29 is 9.18 Å². The Bertz CT molecular complexity index is 1340. The molecule has 0 radical (unpaired) electrons. The molecule has 0 N–H and O–H groups in total. The van der Waals surface area contributed by atoms with Crippen LogP contribution < -0.4 is 4.90 Å². The van der Waals surface area contributed by atoms with Gasteiger partial charge in [0.25, 0.3) is 5.91 Å². The van der Waals surface area contributed by atoms with E-state index in [4.69, 9.17) is 12.2 Å². The number of carbonyl (C=O) groups excluding carboxylic acids is 1. The second kappa shape index (κ2) is 8.13. The lowest BCUT2D eigenvalue weighted by atomic mass is 10.1. The summed E-state index contributed by atoms with van der Waals surface area (Å²) >= 11 is 6.77. The van der Waals surface area contributed by atoms with E-state index in [1.807, 2.05) is 77.5 Å². The Labute approximate surface area is 188 Å². The molecule has 0 saturated carbocycles. The molecule has 1 amide bonds. The molecule has 1 aromatic heterocycles. The Hall–Kier alpha value is -3.22. The molecule has 2 heterocycles. The number of nitrogens with zero attached hydrogens (tertiary/aromatic N) is 2. The molecule has 6 heteroatoms. The van der Waals surface area contributed by atoms with Gasteiger partial charge < -0.3 is 4.57 Å². The summed E-state index contributed by atoms with van der Waals surface area (Å²) in [5.41, 5.74) is 3.26. The fourth-order valence-corrected chi connectivity index (χ4v) is 5.03. The molecule has 152 valence electrons. The Morgan fingerprint density at radius 1 is 0.935 bits per heavy atom. The van der Waals surface area contributed by atoms with Crippen LogP contribution in [0.1, 0.15) is 11.1 Å². The van der Waals surface area contributed by atoms with Crippen LogP contribution in [0, 0.1) is 5.82 Å². The highest BCUT2D eigenvalue weighted by Gasteiger charge is 2.33. The Balaban J connectivity index is 1.54. The molecular weight excluding hydrogens is 427 g/mol. The van der Waals surface area contributed by atoms with Gasteiger partial charge in [0.15, 0.2) is 4.32 Å². The predicted octanol–water partition coefficient (Wildman–Crippen LogP) is 6.23. The summed E-state index contributed by atoms with van der Waals surface area (Å²) in [7, 11) is 0. The summed E-state index contributed by atoms with van der Waals surface area (Å²) < 4.78 is 16.7. The van der Waals surface area contributed by atoms with Gasteiger partial charge in [0.1, 0.15) is 5.82 Å². The van der Waals surface area contributed by atoms with Gasteiger partial charge in [-0.1, -0.05) is 78.6 Å². The van der Waals surface area contributed by atoms with Crippen molar-refractivity contribution in [2.24, 2.45) is 0 Å². The minimum Gasteiger partial charge on any atom is -0.342 e. The molecular formula is C25H17FN2OS2. The first kappa shape index (κ1) is 19.7. The molecule has 4 aromatic rings. The molecule has 0 unspecified atom stereocenters. The van der Waals surface area contributed by atoms with Gasteiger partial charge in [0.05, 0.1) is 17.1 Å². The Morgan fingerprint density at radius 3 is 2.45 bits per heavy atom. The minimum atomic E-state index is -0.231. The maximum Gasteiger partial charge on any atom is 0.270 e. The molecule has 1 saturated heterocycles. The number of thiocarbonyl (C=S) groups is 1. The second-order valence-electron chi connectivity index (χ2n) is 7.17. The molecule has 1 aliphatic rings. The average Bonchev–Trinajstić information content (AvgIpc) is 3.27. The van der Waals surface area contributed by atoms with Crippen molar-refractivity contribution in [1.29, 1.82) is 0 Å². The molecule has 0 aliphatic carbocycles. The Morgan fingerprint density at radius 2 is 1.65 bits per heavy atom. The quantitative estimate of drug-likeness (QED) is 0.275. The van der Waals surface area contributed by atoms with Crippen LogP contribution in [-0.2, 0) is 11.3 Å². The van der Waals surface area contributed by atoms with Gasteiger partial charge in [-0.15, -0.1) is 0 Å². The van der Waals surface area contributed by atoms with E-state index >= 15 is 0 Å². The van der Waals surface area contributed by atoms with E-state index in [2.05, 4.69) is 0 Å². The third kappa shape index (κ3) is 3.69. The number of carbonyl (C=O) groups is 1. The van der Waals surface area contributed by atoms with E-state index in [1.54, 1.807) is 17.0 Å². The Kier molecular flexibility index (Phi) is 5.18. The molecule has 1 fully saturated rings. The number of aromatic nitrogens is 1. The molecule has 5 rings (SSSR count). The number of rotatable bonds is 4. The van der Waals surface area contributed by atoms with Crippen LogP contribution in [-0.4, -0.2) is 14.8 Å². The molecule has 3 nitrogen and oxygen atoms in total. The summed E-state index contributed by atoms with van der Waals surface area (Å²) in [5.74, 6) is -0.363. The van der Waals surface area contributed by atoms with Gasteiger partial charge in [0.2, 0.25) is 0 Å². The smallest absolute Gasteiger partial charge is 0.270 e. The summed E-state index contributed by atoms with van der Waals surface area (Å²) in [6.07, 6.45) is 3.84. The molecule has 0 atom stereocenters. The zero-order chi connectivity index (χ0) is 21.4. The van der Waals surface area contributed by atoms with Gasteiger partial charge in [0, 0.05) is 28.2 Å². The molecule has 0 spiro atoms. The highest BCUT2D eigenvalue weighted by Crippen LogP contribution is 2.37. The fraction of sp³-hybridized carbons (Fsp3) is 0.0400. The first-order valence-electron chi connectivity index (χ1n) is 9.76. The number of halogens is 1. The first-order chi connectivity index (χ1) is 15.1. The van der Waals surface area contributed by atoms with E-state index < -0.39 is 0 Å². The number of fused-ring (bicyclic) bond motifs is 1. The normalized spacial score (nSPS) is 15.4. The van der Waals surface area contributed by atoms with E-state index in [-0.39, 0.29) is 11.7 Å². The number of amides is 1. The van der Waals surface area contributed by atoms with Gasteiger partial charge >= 0.3 is 0 Å². The molecule has 31 heavy (non-hydrogen) atoms. The van der Waals surface area contributed by atoms with Crippen molar-refractivity contribution in [3.05, 3.63) is 107 Å². The van der Waals surface area contributed by atoms with Crippen molar-refractivity contribution in [3.8, 4) is 0 Å². The lowest BCUT2D eigenvalue weighted by Gasteiger charge is -2.13. The predicted molar refractivity (Wildman–Crippen MR) is 130 cm³/mol. The lowest BCUT2D eigenvalue weighted by Crippen LogP contribution is -2.27. The van der Waals surface area contributed by atoms with Crippen LogP contribution in [0.4, 0.5) is 10.1 Å². The molecule has 3 aromatic carbocycles. The van der Waals surface area contributed by atoms with Crippen LogP contribution in [0.25, 0.3) is 17.0 Å². The van der Waals surface area contributed by atoms with Crippen LogP contribution in [0.5, 0.6) is 0 Å². The number of hydrogen-bond acceptors (Lipinski definition) is 3. The number of hydrogen-bond donors (Lipinski definition) is 0. The third-order valence-corrected chi connectivity index (χ3v) is 6.51. The van der Waals surface area contributed by atoms with Gasteiger partial charge in [-0.2, -0.15) is 0 Å².